The summed E-state index contributed by atoms with van der Waals surface area (Å²) >= 11 is 0. The Labute approximate surface area is 244 Å². The number of nitrogens with one attached hydrogen (secondary N) is 1. The molecule has 5 rings (SSSR count). The predicted octanol–water partition coefficient (Wildman–Crippen LogP) is 6.27. The molecular formula is C33H42N6O2. The van der Waals surface area contributed by atoms with Crippen molar-refractivity contribution in [2.24, 2.45) is 0 Å². The summed E-state index contributed by atoms with van der Waals surface area (Å²) in [5.74, 6) is 1.22. The number of benzene rings is 2. The van der Waals surface area contributed by atoms with Crippen LogP contribution >= 0.6 is 0 Å². The molecule has 2 aromatic carbocycles. The van der Waals surface area contributed by atoms with E-state index in [0.717, 1.165) is 54.4 Å². The molecule has 2 aliphatic rings. The summed E-state index contributed by atoms with van der Waals surface area (Å²) in [7, 11) is 0. The fourth-order valence-electron chi connectivity index (χ4n) is 5.43. The van der Waals surface area contributed by atoms with Crippen LogP contribution in [0.4, 0.5) is 5.69 Å². The molecule has 0 bridgehead atoms. The molecule has 3 aromatic rings. The SMILES string of the molecule is CC.Cc1cnnc(C)c1COc1ccc(N)c(C(=N)c2cc(C)c(OC3CCN(C4CCC4)CC3)c(C#N)c2)c1. The Kier molecular flexibility index (Phi) is 9.95. The maximum absolute atomic E-state index is 9.96. The number of likely N-dealkylation sites (tertiary alicyclic amines) is 1. The maximum Gasteiger partial charge on any atom is 0.140 e. The molecule has 216 valence electrons. The van der Waals surface area contributed by atoms with Crippen molar-refractivity contribution in [3.63, 3.8) is 0 Å². The van der Waals surface area contributed by atoms with Crippen molar-refractivity contribution in [3.8, 4) is 17.6 Å². The first-order valence-corrected chi connectivity index (χ1v) is 14.7. The van der Waals surface area contributed by atoms with Crippen molar-refractivity contribution >= 4 is 11.4 Å². The first-order valence-electron chi connectivity index (χ1n) is 14.7. The minimum Gasteiger partial charge on any atom is -0.489 e. The van der Waals surface area contributed by atoms with Gasteiger partial charge in [-0.05, 0) is 87.9 Å². The number of hydrogen-bond donors (Lipinski definition) is 2. The maximum atomic E-state index is 9.96. The quantitative estimate of drug-likeness (QED) is 0.248. The summed E-state index contributed by atoms with van der Waals surface area (Å²) in [4.78, 5) is 2.59. The normalized spacial score (nSPS) is 15.7. The smallest absolute Gasteiger partial charge is 0.140 e. The number of nitrogens with two attached hydrogens (primary N) is 1. The molecular weight excluding hydrogens is 512 g/mol. The van der Waals surface area contributed by atoms with Crippen LogP contribution in [0.2, 0.25) is 0 Å². The second-order valence-corrected chi connectivity index (χ2v) is 10.7. The summed E-state index contributed by atoms with van der Waals surface area (Å²) in [6.45, 7) is 12.3. The highest BCUT2D eigenvalue weighted by Gasteiger charge is 2.30. The lowest BCUT2D eigenvalue weighted by Gasteiger charge is -2.41. The molecule has 0 amide bonds. The number of hydrogen-bond acceptors (Lipinski definition) is 8. The number of aryl methyl sites for hydroxylation is 3. The van der Waals surface area contributed by atoms with Crippen molar-refractivity contribution in [3.05, 3.63) is 75.6 Å². The van der Waals surface area contributed by atoms with E-state index in [1.165, 1.54) is 19.3 Å². The number of aromatic nitrogens is 2. The van der Waals surface area contributed by atoms with Crippen molar-refractivity contribution < 1.29 is 9.47 Å². The number of anilines is 1. The molecule has 41 heavy (non-hydrogen) atoms. The lowest BCUT2D eigenvalue weighted by atomic mass is 9.89. The lowest BCUT2D eigenvalue weighted by molar-refractivity contribution is 0.0489. The van der Waals surface area contributed by atoms with Crippen LogP contribution in [0.1, 0.15) is 85.0 Å². The van der Waals surface area contributed by atoms with E-state index in [9.17, 15) is 5.26 Å². The van der Waals surface area contributed by atoms with E-state index in [0.29, 0.717) is 40.5 Å². The molecule has 1 aliphatic carbocycles. The van der Waals surface area contributed by atoms with Crippen molar-refractivity contribution in [1.82, 2.24) is 15.1 Å². The highest BCUT2D eigenvalue weighted by Crippen LogP contribution is 2.32. The summed E-state index contributed by atoms with van der Waals surface area (Å²) in [5.41, 5.74) is 12.3. The molecule has 1 saturated carbocycles. The lowest BCUT2D eigenvalue weighted by Crippen LogP contribution is -2.46. The molecule has 8 heteroatoms. The Morgan fingerprint density at radius 2 is 1.80 bits per heavy atom. The molecule has 1 aromatic heterocycles. The Balaban J connectivity index is 0.00000189. The van der Waals surface area contributed by atoms with Crippen LogP contribution in [0.3, 0.4) is 0 Å². The second kappa shape index (κ2) is 13.6. The fraction of sp³-hybridized carbons (Fsp3) is 0.455. The monoisotopic (exact) mass is 554 g/mol. The largest absolute Gasteiger partial charge is 0.489 e. The molecule has 0 spiro atoms. The van der Waals surface area contributed by atoms with Gasteiger partial charge in [0.15, 0.2) is 0 Å². The van der Waals surface area contributed by atoms with E-state index >= 15 is 0 Å². The fourth-order valence-corrected chi connectivity index (χ4v) is 5.43. The number of rotatable bonds is 8. The highest BCUT2D eigenvalue weighted by molar-refractivity contribution is 6.14. The Bertz CT molecular complexity index is 1400. The first-order chi connectivity index (χ1) is 19.8. The van der Waals surface area contributed by atoms with Crippen LogP contribution in [0, 0.1) is 37.5 Å². The van der Waals surface area contributed by atoms with Gasteiger partial charge in [-0.1, -0.05) is 20.3 Å². The summed E-state index contributed by atoms with van der Waals surface area (Å²) < 4.78 is 12.4. The van der Waals surface area contributed by atoms with Gasteiger partial charge in [0.2, 0.25) is 0 Å². The molecule has 8 nitrogen and oxygen atoms in total. The third kappa shape index (κ3) is 6.86. The molecule has 1 aliphatic heterocycles. The highest BCUT2D eigenvalue weighted by atomic mass is 16.5. The van der Waals surface area contributed by atoms with Crippen LogP contribution in [-0.4, -0.2) is 46.0 Å². The molecule has 0 unspecified atom stereocenters. The zero-order chi connectivity index (χ0) is 29.5. The number of ether oxygens (including phenoxy) is 2. The Morgan fingerprint density at radius 3 is 2.44 bits per heavy atom. The Hall–Kier alpha value is -3.96. The molecule has 2 fully saturated rings. The third-order valence-corrected chi connectivity index (χ3v) is 8.09. The van der Waals surface area contributed by atoms with E-state index < -0.39 is 0 Å². The van der Waals surface area contributed by atoms with E-state index in [4.69, 9.17) is 20.6 Å². The summed E-state index contributed by atoms with van der Waals surface area (Å²) in [6, 6.07) is 12.0. The van der Waals surface area contributed by atoms with Crippen LogP contribution in [0.15, 0.2) is 36.5 Å². The third-order valence-electron chi connectivity index (χ3n) is 8.09. The standard InChI is InChI=1S/C31H36N6O2.C2H6/c1-19-13-22(14-23(16-32)31(19)39-25-9-11-37(12-10-25)24-5-4-6-24)30(34)27-15-26(7-8-29(27)33)38-18-28-20(2)17-35-36-21(28)3;1-2/h7-8,13-15,17,24-25,34H,4-6,9-12,18,33H2,1-3H3;1-2H3. The van der Waals surface area contributed by atoms with Gasteiger partial charge < -0.3 is 20.1 Å². The minimum atomic E-state index is 0.102. The van der Waals surface area contributed by atoms with E-state index in [1.54, 1.807) is 30.5 Å². The summed E-state index contributed by atoms with van der Waals surface area (Å²) in [5, 5.41) is 27.0. The molecule has 0 radical (unpaired) electrons. The number of piperidine rings is 1. The molecule has 3 N–H and O–H groups in total. The van der Waals surface area contributed by atoms with Gasteiger partial charge >= 0.3 is 0 Å². The Morgan fingerprint density at radius 1 is 1.07 bits per heavy atom. The van der Waals surface area contributed by atoms with Crippen LogP contribution in [-0.2, 0) is 6.61 Å². The predicted molar refractivity (Wildman–Crippen MR) is 163 cm³/mol. The average Bonchev–Trinajstić information content (AvgIpc) is 2.95. The van der Waals surface area contributed by atoms with Gasteiger partial charge in [-0.3, -0.25) is 5.41 Å². The van der Waals surface area contributed by atoms with E-state index in [2.05, 4.69) is 21.2 Å². The van der Waals surface area contributed by atoms with Gasteiger partial charge in [-0.2, -0.15) is 15.5 Å². The molecule has 1 saturated heterocycles. The van der Waals surface area contributed by atoms with Crippen molar-refractivity contribution in [2.45, 2.75) is 85.5 Å². The second-order valence-electron chi connectivity index (χ2n) is 10.7. The van der Waals surface area contributed by atoms with Crippen molar-refractivity contribution in [2.75, 3.05) is 18.8 Å². The van der Waals surface area contributed by atoms with Gasteiger partial charge in [-0.15, -0.1) is 0 Å². The van der Waals surface area contributed by atoms with Gasteiger partial charge in [0, 0.05) is 41.5 Å². The van der Waals surface area contributed by atoms with Crippen LogP contribution < -0.4 is 15.2 Å². The minimum absolute atomic E-state index is 0.102. The first kappa shape index (κ1) is 30.0. The molecule has 2 heterocycles. The topological polar surface area (TPSA) is 121 Å². The zero-order valence-corrected chi connectivity index (χ0v) is 25.0. The van der Waals surface area contributed by atoms with Gasteiger partial charge in [0.1, 0.15) is 30.3 Å². The van der Waals surface area contributed by atoms with Crippen LogP contribution in [0.25, 0.3) is 0 Å². The van der Waals surface area contributed by atoms with E-state index in [-0.39, 0.29) is 11.8 Å². The van der Waals surface area contributed by atoms with Crippen LogP contribution in [0.5, 0.6) is 11.5 Å². The van der Waals surface area contributed by atoms with Crippen molar-refractivity contribution in [1.29, 1.82) is 10.7 Å². The van der Waals surface area contributed by atoms with Gasteiger partial charge in [-0.25, -0.2) is 0 Å². The van der Waals surface area contributed by atoms with E-state index in [1.807, 2.05) is 40.7 Å². The summed E-state index contributed by atoms with van der Waals surface area (Å²) in [6.07, 6.45) is 7.74. The average molecular weight is 555 g/mol. The van der Waals surface area contributed by atoms with Gasteiger partial charge in [0.25, 0.3) is 0 Å². The van der Waals surface area contributed by atoms with Gasteiger partial charge in [0.05, 0.1) is 23.2 Å². The number of nitriles is 1. The number of nitrogen functional groups attached to an aromatic ring is 1. The number of nitrogens with zero attached hydrogens (tertiary/aromatic N) is 4. The zero-order valence-electron chi connectivity index (χ0n) is 25.0. The molecule has 0 atom stereocenters.